The summed E-state index contributed by atoms with van der Waals surface area (Å²) >= 11 is 12.5. The number of fused-ring (bicyclic) bond motifs is 3. The molecule has 1 unspecified atom stereocenters. The molecule has 3 aromatic rings. The summed E-state index contributed by atoms with van der Waals surface area (Å²) in [5, 5.41) is 4.98. The van der Waals surface area contributed by atoms with Gasteiger partial charge in [0.25, 0.3) is 5.91 Å². The zero-order valence-corrected chi connectivity index (χ0v) is 17.6. The first-order valence-electron chi connectivity index (χ1n) is 9.40. The number of hydrogen-bond acceptors (Lipinski definition) is 5. The molecule has 0 saturated carbocycles. The maximum atomic E-state index is 13.1. The number of ether oxygens (including phenoxy) is 1. The van der Waals surface area contributed by atoms with Crippen molar-refractivity contribution in [3.63, 3.8) is 0 Å². The quantitative estimate of drug-likeness (QED) is 0.600. The van der Waals surface area contributed by atoms with Gasteiger partial charge in [-0.2, -0.15) is 0 Å². The fourth-order valence-electron chi connectivity index (χ4n) is 3.71. The second kappa shape index (κ2) is 8.18. The van der Waals surface area contributed by atoms with Gasteiger partial charge >= 0.3 is 0 Å². The van der Waals surface area contributed by atoms with Crippen molar-refractivity contribution in [1.82, 2.24) is 25.2 Å². The summed E-state index contributed by atoms with van der Waals surface area (Å²) in [6.07, 6.45) is 3.76. The molecule has 0 saturated heterocycles. The number of carbonyl (C=O) groups is 1. The Hall–Kier alpha value is -2.35. The number of halogens is 2. The summed E-state index contributed by atoms with van der Waals surface area (Å²) in [4.78, 5) is 26.6. The van der Waals surface area contributed by atoms with E-state index in [0.29, 0.717) is 41.9 Å². The summed E-state index contributed by atoms with van der Waals surface area (Å²) < 4.78 is 5.51. The van der Waals surface area contributed by atoms with Crippen molar-refractivity contribution in [1.29, 1.82) is 0 Å². The molecular weight excluding hydrogens is 413 g/mol. The lowest BCUT2D eigenvalue weighted by Crippen LogP contribution is -2.39. The van der Waals surface area contributed by atoms with Crippen molar-refractivity contribution in [2.75, 3.05) is 26.7 Å². The lowest BCUT2D eigenvalue weighted by molar-refractivity contribution is 0.0665. The van der Waals surface area contributed by atoms with Gasteiger partial charge in [0.1, 0.15) is 6.61 Å². The highest BCUT2D eigenvalue weighted by atomic mass is 35.5. The summed E-state index contributed by atoms with van der Waals surface area (Å²) in [6, 6.07) is 3.58. The molecule has 4 rings (SSSR count). The van der Waals surface area contributed by atoms with E-state index in [2.05, 4.69) is 20.3 Å². The number of nitrogens with one attached hydrogen (secondary N) is 2. The Morgan fingerprint density at radius 2 is 2.10 bits per heavy atom. The van der Waals surface area contributed by atoms with Crippen LogP contribution in [0.2, 0.25) is 10.0 Å². The van der Waals surface area contributed by atoms with Gasteiger partial charge in [-0.3, -0.25) is 4.79 Å². The Morgan fingerprint density at radius 1 is 1.34 bits per heavy atom. The average molecular weight is 434 g/mol. The van der Waals surface area contributed by atoms with Crippen LogP contribution in [0.1, 0.15) is 34.8 Å². The Morgan fingerprint density at radius 3 is 2.83 bits per heavy atom. The molecule has 3 heterocycles. The number of rotatable bonds is 5. The predicted molar refractivity (Wildman–Crippen MR) is 113 cm³/mol. The van der Waals surface area contributed by atoms with E-state index in [4.69, 9.17) is 27.9 Å². The number of aromatic nitrogens is 3. The van der Waals surface area contributed by atoms with Gasteiger partial charge in [0.2, 0.25) is 5.82 Å². The Kier molecular flexibility index (Phi) is 5.63. The Balaban J connectivity index is 1.58. The van der Waals surface area contributed by atoms with Crippen LogP contribution in [0.5, 0.6) is 5.75 Å². The molecule has 152 valence electrons. The van der Waals surface area contributed by atoms with Crippen molar-refractivity contribution < 1.29 is 9.53 Å². The van der Waals surface area contributed by atoms with Crippen LogP contribution in [0.3, 0.4) is 0 Å². The minimum atomic E-state index is -0.209. The van der Waals surface area contributed by atoms with Crippen LogP contribution >= 0.6 is 23.2 Å². The van der Waals surface area contributed by atoms with E-state index < -0.39 is 0 Å². The van der Waals surface area contributed by atoms with Crippen LogP contribution < -0.4 is 10.1 Å². The largest absolute Gasteiger partial charge is 0.489 e. The zero-order chi connectivity index (χ0) is 20.5. The smallest absolute Gasteiger partial charge is 0.292 e. The number of hydrogen-bond donors (Lipinski definition) is 2. The van der Waals surface area contributed by atoms with E-state index in [1.54, 1.807) is 11.0 Å². The van der Waals surface area contributed by atoms with Crippen LogP contribution in [0, 0.1) is 0 Å². The molecule has 1 atom stereocenters. The molecule has 1 aromatic carbocycles. The first-order valence-corrected chi connectivity index (χ1v) is 10.2. The molecule has 0 radical (unpaired) electrons. The second-order valence-corrected chi connectivity index (χ2v) is 7.71. The molecule has 9 heteroatoms. The van der Waals surface area contributed by atoms with Crippen molar-refractivity contribution in [2.24, 2.45) is 0 Å². The summed E-state index contributed by atoms with van der Waals surface area (Å²) in [7, 11) is 1.85. The maximum Gasteiger partial charge on any atom is 0.292 e. The van der Waals surface area contributed by atoms with Crippen LogP contribution in [0.4, 0.5) is 0 Å². The topological polar surface area (TPSA) is 83.1 Å². The van der Waals surface area contributed by atoms with Crippen LogP contribution in [-0.2, 0) is 6.42 Å². The molecule has 1 aliphatic heterocycles. The SMILES string of the molecule is CNCCOc1cnc(C(=O)N2CCc3[nH]c4c(Cl)c(Cl)ccc4c3C2C)nc1. The minimum Gasteiger partial charge on any atom is -0.489 e. The van der Waals surface area contributed by atoms with Gasteiger partial charge in [-0.25, -0.2) is 9.97 Å². The van der Waals surface area contributed by atoms with Gasteiger partial charge < -0.3 is 19.9 Å². The minimum absolute atomic E-state index is 0.146. The summed E-state index contributed by atoms with van der Waals surface area (Å²) in [6.45, 7) is 3.79. The summed E-state index contributed by atoms with van der Waals surface area (Å²) in [5.41, 5.74) is 2.95. The number of carbonyl (C=O) groups excluding carboxylic acids is 1. The molecular formula is C20H21Cl2N5O2. The van der Waals surface area contributed by atoms with Crippen LogP contribution in [0.25, 0.3) is 10.9 Å². The van der Waals surface area contributed by atoms with E-state index in [-0.39, 0.29) is 17.8 Å². The van der Waals surface area contributed by atoms with Crippen LogP contribution in [-0.4, -0.2) is 52.5 Å². The standard InChI is InChI=1S/C20H21Cl2N5O2/c1-11-16-13-3-4-14(21)17(22)18(13)26-15(16)5-7-27(11)20(28)19-24-9-12(10-25-19)29-8-6-23-2/h3-4,9-11,23,26H,5-8H2,1-2H3. The Bertz CT molecular complexity index is 1050. The number of benzene rings is 1. The highest BCUT2D eigenvalue weighted by Crippen LogP contribution is 2.40. The van der Waals surface area contributed by atoms with Gasteiger partial charge in [-0.1, -0.05) is 29.3 Å². The zero-order valence-electron chi connectivity index (χ0n) is 16.1. The number of nitrogens with zero attached hydrogens (tertiary/aromatic N) is 3. The van der Waals surface area contributed by atoms with E-state index in [1.165, 1.54) is 12.4 Å². The Labute approximate surface area is 178 Å². The van der Waals surface area contributed by atoms with Crippen LogP contribution in [0.15, 0.2) is 24.5 Å². The molecule has 2 N–H and O–H groups in total. The molecule has 0 spiro atoms. The molecule has 2 aromatic heterocycles. The second-order valence-electron chi connectivity index (χ2n) is 6.92. The predicted octanol–water partition coefficient (Wildman–Crippen LogP) is 3.62. The number of amides is 1. The lowest BCUT2D eigenvalue weighted by Gasteiger charge is -2.33. The van der Waals surface area contributed by atoms with Crippen molar-refractivity contribution in [3.05, 3.63) is 51.7 Å². The van der Waals surface area contributed by atoms with E-state index in [1.807, 2.05) is 20.0 Å². The average Bonchev–Trinajstić information content (AvgIpc) is 3.11. The summed E-state index contributed by atoms with van der Waals surface area (Å²) in [5.74, 6) is 0.482. The van der Waals surface area contributed by atoms with E-state index in [9.17, 15) is 4.79 Å². The maximum absolute atomic E-state index is 13.1. The molecule has 29 heavy (non-hydrogen) atoms. The molecule has 0 bridgehead atoms. The van der Waals surface area contributed by atoms with Gasteiger partial charge in [-0.05, 0) is 20.0 Å². The van der Waals surface area contributed by atoms with Crippen molar-refractivity contribution in [3.8, 4) is 5.75 Å². The monoisotopic (exact) mass is 433 g/mol. The van der Waals surface area contributed by atoms with E-state index in [0.717, 1.165) is 22.2 Å². The van der Waals surface area contributed by atoms with Gasteiger partial charge in [0.15, 0.2) is 5.75 Å². The third-order valence-corrected chi connectivity index (χ3v) is 5.98. The van der Waals surface area contributed by atoms with Crippen molar-refractivity contribution in [2.45, 2.75) is 19.4 Å². The fourth-order valence-corrected chi connectivity index (χ4v) is 4.08. The normalized spacial score (nSPS) is 16.1. The first-order chi connectivity index (χ1) is 14.0. The fraction of sp³-hybridized carbons (Fsp3) is 0.350. The third-order valence-electron chi connectivity index (χ3n) is 5.18. The highest BCUT2D eigenvalue weighted by Gasteiger charge is 2.32. The lowest BCUT2D eigenvalue weighted by atomic mass is 9.97. The number of H-pyrrole nitrogens is 1. The number of aromatic amines is 1. The number of likely N-dealkylation sites (N-methyl/N-ethyl adjacent to an activating group) is 1. The molecule has 0 fully saturated rings. The molecule has 1 amide bonds. The van der Waals surface area contributed by atoms with E-state index >= 15 is 0 Å². The molecule has 1 aliphatic rings. The first kappa shape index (κ1) is 19.9. The highest BCUT2D eigenvalue weighted by molar-refractivity contribution is 6.45. The third kappa shape index (κ3) is 3.66. The van der Waals surface area contributed by atoms with Gasteiger partial charge in [0.05, 0.1) is 34.0 Å². The van der Waals surface area contributed by atoms with Gasteiger partial charge in [-0.15, -0.1) is 0 Å². The van der Waals surface area contributed by atoms with Gasteiger partial charge in [0, 0.05) is 36.2 Å². The molecule has 0 aliphatic carbocycles. The molecule has 7 nitrogen and oxygen atoms in total. The van der Waals surface area contributed by atoms with Crippen molar-refractivity contribution >= 4 is 40.0 Å².